The van der Waals surface area contributed by atoms with Gasteiger partial charge in [0.25, 0.3) is 5.91 Å². The molecule has 0 spiro atoms. The molecule has 1 heterocycles. The normalized spacial score (nSPS) is 13.1. The van der Waals surface area contributed by atoms with Crippen molar-refractivity contribution in [1.82, 2.24) is 10.3 Å². The van der Waals surface area contributed by atoms with Gasteiger partial charge in [-0.15, -0.1) is 0 Å². The first kappa shape index (κ1) is 15.8. The van der Waals surface area contributed by atoms with Gasteiger partial charge in [0.1, 0.15) is 5.03 Å². The molecule has 0 aromatic carbocycles. The van der Waals surface area contributed by atoms with Crippen LogP contribution in [0.3, 0.4) is 0 Å². The van der Waals surface area contributed by atoms with Crippen molar-refractivity contribution in [1.29, 1.82) is 0 Å². The second-order valence-corrected chi connectivity index (χ2v) is 4.84. The quantitative estimate of drug-likeness (QED) is 0.817. The second kappa shape index (κ2) is 6.76. The molecule has 1 aromatic heterocycles. The molecule has 106 valence electrons. The monoisotopic (exact) mass is 294 g/mol. The van der Waals surface area contributed by atoms with E-state index < -0.39 is 23.2 Å². The number of aliphatic hydroxyl groups excluding tert-OH is 1. The van der Waals surface area contributed by atoms with Crippen molar-refractivity contribution in [3.05, 3.63) is 23.9 Å². The molecule has 0 fully saturated rings. The van der Waals surface area contributed by atoms with Gasteiger partial charge in [0.15, 0.2) is 0 Å². The maximum atomic E-state index is 12.3. The standard InChI is InChI=1S/C11H13F3N2O2S/c1-7(4-6-17)16-9(18)8-3-2-5-15-10(8)19-11(12,13)14/h2-3,5,7,17H,4,6H2,1H3,(H,16,18). The molecule has 0 radical (unpaired) electrons. The third kappa shape index (κ3) is 5.48. The minimum atomic E-state index is -4.50. The van der Waals surface area contributed by atoms with E-state index >= 15 is 0 Å². The Morgan fingerprint density at radius 2 is 2.26 bits per heavy atom. The Hall–Kier alpha value is -1.28. The first-order chi connectivity index (χ1) is 8.83. The number of hydrogen-bond donors (Lipinski definition) is 2. The third-order valence-corrected chi connectivity index (χ3v) is 2.92. The molecule has 1 aromatic rings. The number of carbonyl (C=O) groups is 1. The molecule has 0 saturated carbocycles. The maximum Gasteiger partial charge on any atom is 0.447 e. The molecule has 0 bridgehead atoms. The maximum absolute atomic E-state index is 12.3. The lowest BCUT2D eigenvalue weighted by atomic mass is 10.2. The van der Waals surface area contributed by atoms with Crippen molar-refractivity contribution in [2.75, 3.05) is 6.61 Å². The molecule has 2 N–H and O–H groups in total. The number of amides is 1. The highest BCUT2D eigenvalue weighted by Crippen LogP contribution is 2.37. The van der Waals surface area contributed by atoms with Crippen LogP contribution < -0.4 is 5.32 Å². The van der Waals surface area contributed by atoms with Gasteiger partial charge in [-0.25, -0.2) is 4.98 Å². The topological polar surface area (TPSA) is 62.2 Å². The number of halogens is 3. The van der Waals surface area contributed by atoms with E-state index in [2.05, 4.69) is 10.3 Å². The summed E-state index contributed by atoms with van der Waals surface area (Å²) in [4.78, 5) is 15.4. The molecule has 1 rings (SSSR count). The highest BCUT2D eigenvalue weighted by atomic mass is 32.2. The van der Waals surface area contributed by atoms with Gasteiger partial charge in [-0.1, -0.05) is 0 Å². The Labute approximate surface area is 112 Å². The number of aliphatic hydroxyl groups is 1. The van der Waals surface area contributed by atoms with Crippen LogP contribution in [0.25, 0.3) is 0 Å². The first-order valence-electron chi connectivity index (χ1n) is 5.46. The fraction of sp³-hybridized carbons (Fsp3) is 0.455. The largest absolute Gasteiger partial charge is 0.447 e. The van der Waals surface area contributed by atoms with E-state index in [0.717, 1.165) is 0 Å². The molecule has 8 heteroatoms. The van der Waals surface area contributed by atoms with E-state index in [9.17, 15) is 18.0 Å². The van der Waals surface area contributed by atoms with Crippen LogP contribution in [-0.4, -0.2) is 34.2 Å². The third-order valence-electron chi connectivity index (χ3n) is 2.17. The van der Waals surface area contributed by atoms with Crippen LogP contribution in [0.1, 0.15) is 23.7 Å². The molecule has 0 saturated heterocycles. The molecular formula is C11H13F3N2O2S. The Morgan fingerprint density at radius 1 is 1.58 bits per heavy atom. The van der Waals surface area contributed by atoms with Crippen LogP contribution in [0.4, 0.5) is 13.2 Å². The SMILES string of the molecule is CC(CCO)NC(=O)c1cccnc1SC(F)(F)F. The number of nitrogens with one attached hydrogen (secondary N) is 1. The molecular weight excluding hydrogens is 281 g/mol. The van der Waals surface area contributed by atoms with Gasteiger partial charge in [-0.05, 0) is 25.5 Å². The van der Waals surface area contributed by atoms with Crippen molar-refractivity contribution >= 4 is 17.7 Å². The molecule has 19 heavy (non-hydrogen) atoms. The summed E-state index contributed by atoms with van der Waals surface area (Å²) in [6.45, 7) is 1.54. The smallest absolute Gasteiger partial charge is 0.396 e. The molecule has 0 aliphatic rings. The highest BCUT2D eigenvalue weighted by molar-refractivity contribution is 8.00. The zero-order valence-electron chi connectivity index (χ0n) is 10.1. The molecule has 0 aliphatic heterocycles. The summed E-state index contributed by atoms with van der Waals surface area (Å²) in [6.07, 6.45) is 1.52. The lowest BCUT2D eigenvalue weighted by molar-refractivity contribution is -0.0329. The Bertz CT molecular complexity index is 440. The molecule has 1 atom stereocenters. The number of nitrogens with zero attached hydrogens (tertiary/aromatic N) is 1. The number of aromatic nitrogens is 1. The van der Waals surface area contributed by atoms with Crippen molar-refractivity contribution in [2.24, 2.45) is 0 Å². The fourth-order valence-electron chi connectivity index (χ4n) is 1.32. The van der Waals surface area contributed by atoms with E-state index in [-0.39, 0.29) is 23.2 Å². The van der Waals surface area contributed by atoms with E-state index in [4.69, 9.17) is 5.11 Å². The van der Waals surface area contributed by atoms with E-state index in [1.807, 2.05) is 0 Å². The zero-order chi connectivity index (χ0) is 14.5. The minimum absolute atomic E-state index is 0.112. The second-order valence-electron chi connectivity index (χ2n) is 3.79. The number of alkyl halides is 3. The van der Waals surface area contributed by atoms with Crippen molar-refractivity contribution in [2.45, 2.75) is 29.9 Å². The Balaban J connectivity index is 2.85. The predicted octanol–water partition coefficient (Wildman–Crippen LogP) is 2.19. The van der Waals surface area contributed by atoms with E-state index in [0.29, 0.717) is 6.42 Å². The van der Waals surface area contributed by atoms with Crippen LogP contribution >= 0.6 is 11.8 Å². The van der Waals surface area contributed by atoms with Gasteiger partial charge in [-0.2, -0.15) is 13.2 Å². The average molecular weight is 294 g/mol. The first-order valence-corrected chi connectivity index (χ1v) is 6.27. The van der Waals surface area contributed by atoms with Gasteiger partial charge >= 0.3 is 5.51 Å². The molecule has 1 amide bonds. The molecule has 0 aliphatic carbocycles. The van der Waals surface area contributed by atoms with E-state index in [1.54, 1.807) is 6.92 Å². The Kier molecular flexibility index (Phi) is 5.61. The number of hydrogen-bond acceptors (Lipinski definition) is 4. The highest BCUT2D eigenvalue weighted by Gasteiger charge is 2.32. The van der Waals surface area contributed by atoms with Gasteiger partial charge < -0.3 is 10.4 Å². The summed E-state index contributed by atoms with van der Waals surface area (Å²) in [5.74, 6) is -0.638. The van der Waals surface area contributed by atoms with Gasteiger partial charge in [0.2, 0.25) is 0 Å². The lowest BCUT2D eigenvalue weighted by Crippen LogP contribution is -2.33. The minimum Gasteiger partial charge on any atom is -0.396 e. The van der Waals surface area contributed by atoms with Crippen LogP contribution in [0.15, 0.2) is 23.4 Å². The van der Waals surface area contributed by atoms with Gasteiger partial charge in [0.05, 0.1) is 5.56 Å². The van der Waals surface area contributed by atoms with Crippen LogP contribution in [-0.2, 0) is 0 Å². The number of carbonyl (C=O) groups excluding carboxylic acids is 1. The van der Waals surface area contributed by atoms with Crippen molar-refractivity contribution < 1.29 is 23.1 Å². The van der Waals surface area contributed by atoms with Crippen LogP contribution in [0, 0.1) is 0 Å². The molecule has 1 unspecified atom stereocenters. The Morgan fingerprint density at radius 3 is 2.84 bits per heavy atom. The molecule has 4 nitrogen and oxygen atoms in total. The number of thioether (sulfide) groups is 1. The summed E-state index contributed by atoms with van der Waals surface area (Å²) in [5, 5.41) is 10.8. The zero-order valence-corrected chi connectivity index (χ0v) is 10.9. The summed E-state index contributed by atoms with van der Waals surface area (Å²) in [5.41, 5.74) is -4.63. The van der Waals surface area contributed by atoms with Crippen LogP contribution in [0.5, 0.6) is 0 Å². The van der Waals surface area contributed by atoms with Crippen molar-refractivity contribution in [3.63, 3.8) is 0 Å². The summed E-state index contributed by atoms with van der Waals surface area (Å²) in [7, 11) is 0. The number of pyridine rings is 1. The lowest BCUT2D eigenvalue weighted by Gasteiger charge is -2.14. The average Bonchev–Trinajstić information content (AvgIpc) is 2.27. The van der Waals surface area contributed by atoms with Gasteiger partial charge in [0, 0.05) is 30.6 Å². The van der Waals surface area contributed by atoms with Gasteiger partial charge in [-0.3, -0.25) is 4.79 Å². The predicted molar refractivity (Wildman–Crippen MR) is 64.8 cm³/mol. The van der Waals surface area contributed by atoms with Crippen molar-refractivity contribution in [3.8, 4) is 0 Å². The summed E-state index contributed by atoms with van der Waals surface area (Å²) >= 11 is -0.425. The summed E-state index contributed by atoms with van der Waals surface area (Å²) < 4.78 is 37.0. The van der Waals surface area contributed by atoms with E-state index in [1.165, 1.54) is 18.3 Å². The number of rotatable bonds is 5. The summed E-state index contributed by atoms with van der Waals surface area (Å²) in [6, 6.07) is 2.34. The fourth-order valence-corrected chi connectivity index (χ4v) is 1.93. The van der Waals surface area contributed by atoms with Crippen LogP contribution in [0.2, 0.25) is 0 Å².